The van der Waals surface area contributed by atoms with E-state index in [1.807, 2.05) is 53.7 Å². The van der Waals surface area contributed by atoms with Crippen molar-refractivity contribution < 1.29 is 9.63 Å². The predicted molar refractivity (Wildman–Crippen MR) is 94.3 cm³/mol. The van der Waals surface area contributed by atoms with Crippen LogP contribution in [0.3, 0.4) is 0 Å². The number of aromatic nitrogens is 2. The van der Waals surface area contributed by atoms with Crippen molar-refractivity contribution in [3.63, 3.8) is 0 Å². The van der Waals surface area contributed by atoms with Crippen LogP contribution < -0.4 is 11.5 Å². The molecule has 0 aliphatic rings. The second kappa shape index (κ2) is 5.81. The average Bonchev–Trinajstić information content (AvgIpc) is 2.83. The first-order valence-corrected chi connectivity index (χ1v) is 7.71. The number of hydrogen-bond acceptors (Lipinski definition) is 5. The number of phenols is 1. The van der Waals surface area contributed by atoms with Crippen LogP contribution >= 0.6 is 0 Å². The molecule has 2 rings (SSSR count). The van der Waals surface area contributed by atoms with Gasteiger partial charge in [-0.2, -0.15) is 9.98 Å². The van der Waals surface area contributed by atoms with E-state index in [9.17, 15) is 5.11 Å². The monoisotopic (exact) mass is 331 g/mol. The first-order valence-electron chi connectivity index (χ1n) is 7.71. The van der Waals surface area contributed by atoms with E-state index in [2.05, 4.69) is 15.1 Å². The molecule has 7 heteroatoms. The highest BCUT2D eigenvalue weighted by molar-refractivity contribution is 5.77. The van der Waals surface area contributed by atoms with Crippen molar-refractivity contribution in [3.8, 4) is 17.1 Å². The lowest BCUT2D eigenvalue weighted by molar-refractivity contribution is 0.422. The number of nitrogens with zero attached hydrogens (tertiary/aromatic N) is 3. The van der Waals surface area contributed by atoms with Crippen LogP contribution in [0.15, 0.2) is 21.6 Å². The molecule has 0 atom stereocenters. The third-order valence-electron chi connectivity index (χ3n) is 3.62. The molecule has 0 spiro atoms. The molecule has 0 aliphatic heterocycles. The van der Waals surface area contributed by atoms with Crippen LogP contribution in [0.1, 0.15) is 52.7 Å². The lowest BCUT2D eigenvalue weighted by Crippen LogP contribution is -2.21. The smallest absolute Gasteiger partial charge is 0.351 e. The fourth-order valence-electron chi connectivity index (χ4n) is 2.40. The second-order valence-corrected chi connectivity index (χ2v) is 7.86. The molecule has 0 radical (unpaired) electrons. The predicted octanol–water partition coefficient (Wildman–Crippen LogP) is 2.94. The summed E-state index contributed by atoms with van der Waals surface area (Å²) >= 11 is 0. The third-order valence-corrected chi connectivity index (χ3v) is 3.62. The Kier molecular flexibility index (Phi) is 4.31. The van der Waals surface area contributed by atoms with Crippen molar-refractivity contribution in [2.24, 2.45) is 16.5 Å². The Bertz CT molecular complexity index is 740. The van der Waals surface area contributed by atoms with Gasteiger partial charge in [0.15, 0.2) is 5.96 Å². The van der Waals surface area contributed by atoms with Gasteiger partial charge in [0, 0.05) is 16.7 Å². The van der Waals surface area contributed by atoms with Gasteiger partial charge < -0.3 is 21.1 Å². The third kappa shape index (κ3) is 3.67. The van der Waals surface area contributed by atoms with Crippen molar-refractivity contribution in [3.05, 3.63) is 23.3 Å². The zero-order valence-corrected chi connectivity index (χ0v) is 15.0. The number of hydrogen-bond donors (Lipinski definition) is 3. The molecule has 0 fully saturated rings. The normalized spacial score (nSPS) is 12.2. The Morgan fingerprint density at radius 1 is 1.04 bits per heavy atom. The van der Waals surface area contributed by atoms with Crippen LogP contribution in [-0.2, 0) is 10.8 Å². The zero-order valence-electron chi connectivity index (χ0n) is 15.0. The van der Waals surface area contributed by atoms with E-state index in [1.54, 1.807) is 0 Å². The fourth-order valence-corrected chi connectivity index (χ4v) is 2.40. The van der Waals surface area contributed by atoms with Gasteiger partial charge in [0.1, 0.15) is 5.75 Å². The summed E-state index contributed by atoms with van der Waals surface area (Å²) in [5.41, 5.74) is 12.5. The van der Waals surface area contributed by atoms with Crippen LogP contribution in [0.2, 0.25) is 0 Å². The van der Waals surface area contributed by atoms with E-state index < -0.39 is 0 Å². The number of phenolic OH excluding ortho intramolecular Hbond substituents is 1. The summed E-state index contributed by atoms with van der Waals surface area (Å²) in [4.78, 5) is 7.94. The van der Waals surface area contributed by atoms with Crippen LogP contribution in [-0.4, -0.2) is 21.2 Å². The van der Waals surface area contributed by atoms with Crippen molar-refractivity contribution in [2.45, 2.75) is 52.4 Å². The van der Waals surface area contributed by atoms with Crippen molar-refractivity contribution >= 4 is 12.0 Å². The minimum atomic E-state index is -0.244. The van der Waals surface area contributed by atoms with Gasteiger partial charge in [0.2, 0.25) is 5.82 Å². The molecule has 0 saturated heterocycles. The van der Waals surface area contributed by atoms with E-state index in [4.69, 9.17) is 16.0 Å². The van der Waals surface area contributed by atoms with Gasteiger partial charge in [-0.05, 0) is 23.0 Å². The highest BCUT2D eigenvalue weighted by Crippen LogP contribution is 2.41. The summed E-state index contributed by atoms with van der Waals surface area (Å²) in [5, 5.41) is 14.7. The van der Waals surface area contributed by atoms with Gasteiger partial charge in [-0.15, -0.1) is 0 Å². The van der Waals surface area contributed by atoms with Crippen LogP contribution in [0, 0.1) is 0 Å². The molecule has 1 heterocycles. The van der Waals surface area contributed by atoms with Crippen molar-refractivity contribution in [2.75, 3.05) is 0 Å². The molecule has 130 valence electrons. The van der Waals surface area contributed by atoms with Crippen LogP contribution in [0.25, 0.3) is 11.4 Å². The Morgan fingerprint density at radius 2 is 1.54 bits per heavy atom. The molecular formula is C17H25N5O2. The first-order chi connectivity index (χ1) is 10.9. The Labute approximate surface area is 141 Å². The highest BCUT2D eigenvalue weighted by Gasteiger charge is 2.27. The van der Waals surface area contributed by atoms with E-state index in [0.717, 1.165) is 16.7 Å². The Hall–Kier alpha value is -2.57. The summed E-state index contributed by atoms with van der Waals surface area (Å²) in [5.74, 6) is 0.513. The van der Waals surface area contributed by atoms with Gasteiger partial charge in [0.25, 0.3) is 0 Å². The summed E-state index contributed by atoms with van der Waals surface area (Å²) in [6.45, 7) is 12.2. The lowest BCUT2D eigenvalue weighted by atomic mass is 9.78. The van der Waals surface area contributed by atoms with E-state index in [0.29, 0.717) is 11.6 Å². The van der Waals surface area contributed by atoms with Crippen LogP contribution in [0.4, 0.5) is 6.01 Å². The molecule has 0 bridgehead atoms. The van der Waals surface area contributed by atoms with E-state index in [1.165, 1.54) is 0 Å². The number of nitrogens with two attached hydrogens (primary N) is 2. The van der Waals surface area contributed by atoms with Crippen molar-refractivity contribution in [1.29, 1.82) is 0 Å². The van der Waals surface area contributed by atoms with Crippen molar-refractivity contribution in [1.82, 2.24) is 10.1 Å². The van der Waals surface area contributed by atoms with Gasteiger partial charge in [-0.1, -0.05) is 46.7 Å². The highest BCUT2D eigenvalue weighted by atomic mass is 16.5. The lowest BCUT2D eigenvalue weighted by Gasteiger charge is -2.27. The summed E-state index contributed by atoms with van der Waals surface area (Å²) in [6.07, 6.45) is 0. The number of guanidine groups is 1. The number of aromatic hydroxyl groups is 1. The maximum Gasteiger partial charge on any atom is 0.351 e. The fraction of sp³-hybridized carbons (Fsp3) is 0.471. The Morgan fingerprint density at radius 3 is 1.96 bits per heavy atom. The summed E-state index contributed by atoms with van der Waals surface area (Å²) in [7, 11) is 0. The minimum Gasteiger partial charge on any atom is -0.507 e. The largest absolute Gasteiger partial charge is 0.507 e. The van der Waals surface area contributed by atoms with Gasteiger partial charge in [-0.25, -0.2) is 0 Å². The van der Waals surface area contributed by atoms with E-state index >= 15 is 0 Å². The minimum absolute atomic E-state index is 0.00677. The van der Waals surface area contributed by atoms with E-state index in [-0.39, 0.29) is 22.8 Å². The molecule has 24 heavy (non-hydrogen) atoms. The SMILES string of the molecule is CC(C)(C)c1cc(-c2noc(N=C(N)N)n2)cc(C(C)(C)C)c1O. The topological polar surface area (TPSA) is 124 Å². The molecule has 1 aromatic carbocycles. The standard InChI is InChI=1S/C17H25N5O2/c1-16(2,3)10-7-9(8-11(12(10)23)17(4,5)6)13-20-15(24-22-13)21-14(18)19/h7-8,23H,1-6H3,(H4,18,19,20,21,22). The number of aliphatic imine (C=N–C) groups is 1. The molecule has 0 unspecified atom stereocenters. The molecule has 2 aromatic rings. The second-order valence-electron chi connectivity index (χ2n) is 7.86. The number of rotatable bonds is 2. The molecule has 0 amide bonds. The zero-order chi connectivity index (χ0) is 18.3. The molecule has 0 saturated carbocycles. The quantitative estimate of drug-likeness (QED) is 0.574. The summed E-state index contributed by atoms with van der Waals surface area (Å²) in [6, 6.07) is 3.73. The van der Waals surface area contributed by atoms with Gasteiger partial charge >= 0.3 is 6.01 Å². The molecular weight excluding hydrogens is 306 g/mol. The molecule has 5 N–H and O–H groups in total. The van der Waals surface area contributed by atoms with Crippen LogP contribution in [0.5, 0.6) is 5.75 Å². The van der Waals surface area contributed by atoms with Gasteiger partial charge in [-0.3, -0.25) is 0 Å². The average molecular weight is 331 g/mol. The number of benzene rings is 1. The summed E-state index contributed by atoms with van der Waals surface area (Å²) < 4.78 is 5.04. The molecule has 0 aliphatic carbocycles. The maximum atomic E-state index is 10.7. The first kappa shape index (κ1) is 17.8. The molecule has 7 nitrogen and oxygen atoms in total. The maximum absolute atomic E-state index is 10.7. The Balaban J connectivity index is 2.67. The molecule has 1 aromatic heterocycles. The van der Waals surface area contributed by atoms with Gasteiger partial charge in [0.05, 0.1) is 0 Å².